The van der Waals surface area contributed by atoms with E-state index >= 15 is 0 Å². The predicted octanol–water partition coefficient (Wildman–Crippen LogP) is 0.976. The van der Waals surface area contributed by atoms with Gasteiger partial charge >= 0.3 is 0 Å². The summed E-state index contributed by atoms with van der Waals surface area (Å²) in [4.78, 5) is 22.3. The van der Waals surface area contributed by atoms with E-state index in [0.29, 0.717) is 11.6 Å². The molecule has 0 aliphatic carbocycles. The van der Waals surface area contributed by atoms with Crippen LogP contribution < -0.4 is 5.73 Å². The third-order valence-corrected chi connectivity index (χ3v) is 2.17. The lowest BCUT2D eigenvalue weighted by molar-refractivity contribution is -0.116. The summed E-state index contributed by atoms with van der Waals surface area (Å²) in [7, 11) is 0. The van der Waals surface area contributed by atoms with Gasteiger partial charge in [0.1, 0.15) is 11.8 Å². The molecule has 19 heavy (non-hydrogen) atoms. The van der Waals surface area contributed by atoms with Gasteiger partial charge in [-0.25, -0.2) is 0 Å². The number of nitrogens with zero attached hydrogens (tertiary/aromatic N) is 1. The normalized spacial score (nSPS) is 12.3. The zero-order valence-electron chi connectivity index (χ0n) is 9.70. The van der Waals surface area contributed by atoms with Gasteiger partial charge < -0.3 is 15.9 Å². The Hall–Kier alpha value is -3.07. The highest BCUT2D eigenvalue weighted by Crippen LogP contribution is 2.12. The summed E-state index contributed by atoms with van der Waals surface area (Å²) in [5.74, 6) is -3.81. The molecule has 0 aliphatic heterocycles. The van der Waals surface area contributed by atoms with Crippen LogP contribution in [0.4, 0.5) is 0 Å². The molecule has 0 unspecified atom stereocenters. The SMILES string of the molecule is N#C/C(C(N)=O)=C(\O)C(=O)C=C(O)c1ccccc1. The summed E-state index contributed by atoms with van der Waals surface area (Å²) in [6.45, 7) is 0. The topological polar surface area (TPSA) is 124 Å². The Balaban J connectivity index is 3.10. The molecule has 96 valence electrons. The van der Waals surface area contributed by atoms with Crippen LogP contribution in [0, 0.1) is 11.3 Å². The fraction of sp³-hybridized carbons (Fsp3) is 0. The molecule has 4 N–H and O–H groups in total. The minimum Gasteiger partial charge on any atom is -0.507 e. The Morgan fingerprint density at radius 2 is 1.79 bits per heavy atom. The molecule has 6 heteroatoms. The van der Waals surface area contributed by atoms with Crippen LogP contribution in [0.1, 0.15) is 5.56 Å². The lowest BCUT2D eigenvalue weighted by Gasteiger charge is -2.00. The van der Waals surface area contributed by atoms with Gasteiger partial charge in [0.15, 0.2) is 11.3 Å². The highest BCUT2D eigenvalue weighted by molar-refractivity contribution is 6.12. The maximum atomic E-state index is 11.5. The van der Waals surface area contributed by atoms with Crippen molar-refractivity contribution in [3.8, 4) is 6.07 Å². The minimum atomic E-state index is -1.22. The maximum absolute atomic E-state index is 11.5. The Labute approximate surface area is 108 Å². The Morgan fingerprint density at radius 3 is 2.26 bits per heavy atom. The lowest BCUT2D eigenvalue weighted by atomic mass is 10.1. The molecule has 1 aromatic rings. The summed E-state index contributed by atoms with van der Waals surface area (Å²) < 4.78 is 0. The first kappa shape index (κ1) is 14.0. The minimum absolute atomic E-state index is 0.348. The van der Waals surface area contributed by atoms with Gasteiger partial charge in [0, 0.05) is 11.6 Å². The molecule has 0 aliphatic rings. The van der Waals surface area contributed by atoms with Crippen molar-refractivity contribution in [2.45, 2.75) is 0 Å². The molecule has 0 atom stereocenters. The van der Waals surface area contributed by atoms with Gasteiger partial charge in [-0.15, -0.1) is 0 Å². The Kier molecular flexibility index (Phi) is 4.44. The molecule has 1 amide bonds. The molecule has 0 bridgehead atoms. The molecule has 0 radical (unpaired) electrons. The van der Waals surface area contributed by atoms with E-state index in [1.165, 1.54) is 6.07 Å². The van der Waals surface area contributed by atoms with E-state index in [1.807, 2.05) is 0 Å². The Morgan fingerprint density at radius 1 is 1.21 bits per heavy atom. The molecule has 0 saturated heterocycles. The third-order valence-electron chi connectivity index (χ3n) is 2.17. The third kappa shape index (κ3) is 3.44. The van der Waals surface area contributed by atoms with Crippen molar-refractivity contribution >= 4 is 17.4 Å². The number of rotatable bonds is 4. The summed E-state index contributed by atoms with van der Waals surface area (Å²) in [5.41, 5.74) is 4.30. The van der Waals surface area contributed by atoms with Gasteiger partial charge in [-0.05, 0) is 0 Å². The lowest BCUT2D eigenvalue weighted by Crippen LogP contribution is -2.17. The summed E-state index contributed by atoms with van der Waals surface area (Å²) >= 11 is 0. The van der Waals surface area contributed by atoms with E-state index in [2.05, 4.69) is 0 Å². The second-order valence-corrected chi connectivity index (χ2v) is 3.46. The second kappa shape index (κ2) is 6.02. The van der Waals surface area contributed by atoms with Gasteiger partial charge in [-0.3, -0.25) is 9.59 Å². The molecule has 1 aromatic carbocycles. The highest BCUT2D eigenvalue weighted by Gasteiger charge is 2.17. The van der Waals surface area contributed by atoms with Crippen molar-refractivity contribution in [2.75, 3.05) is 0 Å². The largest absolute Gasteiger partial charge is 0.507 e. The number of nitriles is 1. The molecular weight excluding hydrogens is 248 g/mol. The summed E-state index contributed by atoms with van der Waals surface area (Å²) in [6.07, 6.45) is 0.699. The first-order valence-corrected chi connectivity index (χ1v) is 5.11. The van der Waals surface area contributed by atoms with Crippen molar-refractivity contribution in [3.05, 3.63) is 53.3 Å². The number of allylic oxidation sites excluding steroid dienone is 1. The van der Waals surface area contributed by atoms with E-state index in [4.69, 9.17) is 11.0 Å². The van der Waals surface area contributed by atoms with Crippen LogP contribution in [0.3, 0.4) is 0 Å². The van der Waals surface area contributed by atoms with Gasteiger partial charge in [-0.2, -0.15) is 5.26 Å². The number of aliphatic hydroxyl groups excluding tert-OH is 2. The number of hydrogen-bond acceptors (Lipinski definition) is 5. The van der Waals surface area contributed by atoms with Crippen LogP contribution in [0.5, 0.6) is 0 Å². The van der Waals surface area contributed by atoms with E-state index < -0.39 is 28.8 Å². The summed E-state index contributed by atoms with van der Waals surface area (Å²) in [6, 6.07) is 9.40. The number of carbonyl (C=O) groups is 2. The molecule has 0 spiro atoms. The predicted molar refractivity (Wildman–Crippen MR) is 66.5 cm³/mol. The first-order chi connectivity index (χ1) is 8.97. The number of nitrogens with two attached hydrogens (primary N) is 1. The maximum Gasteiger partial charge on any atom is 0.263 e. The molecular formula is C13H10N2O4. The fourth-order valence-electron chi connectivity index (χ4n) is 1.23. The second-order valence-electron chi connectivity index (χ2n) is 3.46. The molecule has 0 saturated carbocycles. The number of amides is 1. The van der Waals surface area contributed by atoms with Crippen molar-refractivity contribution < 1.29 is 19.8 Å². The van der Waals surface area contributed by atoms with Gasteiger partial charge in [-0.1, -0.05) is 30.3 Å². The average molecular weight is 258 g/mol. The highest BCUT2D eigenvalue weighted by atomic mass is 16.3. The van der Waals surface area contributed by atoms with Crippen LogP contribution in [-0.4, -0.2) is 21.9 Å². The van der Waals surface area contributed by atoms with E-state index in [-0.39, 0.29) is 0 Å². The van der Waals surface area contributed by atoms with Crippen LogP contribution in [0.15, 0.2) is 47.7 Å². The first-order valence-electron chi connectivity index (χ1n) is 5.11. The monoisotopic (exact) mass is 258 g/mol. The van der Waals surface area contributed by atoms with E-state index in [9.17, 15) is 19.8 Å². The van der Waals surface area contributed by atoms with Crippen LogP contribution in [0.25, 0.3) is 5.76 Å². The van der Waals surface area contributed by atoms with Crippen molar-refractivity contribution in [2.24, 2.45) is 5.73 Å². The smallest absolute Gasteiger partial charge is 0.263 e. The van der Waals surface area contributed by atoms with Crippen molar-refractivity contribution in [1.82, 2.24) is 0 Å². The zero-order valence-corrected chi connectivity index (χ0v) is 9.70. The van der Waals surface area contributed by atoms with Gasteiger partial charge in [0.2, 0.25) is 5.78 Å². The molecule has 0 aromatic heterocycles. The van der Waals surface area contributed by atoms with Crippen LogP contribution >= 0.6 is 0 Å². The van der Waals surface area contributed by atoms with Crippen LogP contribution in [0.2, 0.25) is 0 Å². The molecule has 1 rings (SSSR count). The van der Waals surface area contributed by atoms with Crippen molar-refractivity contribution in [3.63, 3.8) is 0 Å². The molecule has 0 fully saturated rings. The fourth-order valence-corrected chi connectivity index (χ4v) is 1.23. The standard InChI is InChI=1S/C13H10N2O4/c14-7-9(13(15)19)12(18)11(17)6-10(16)8-4-2-1-3-5-8/h1-6,16,18H,(H2,15,19)/b10-6?,12-9+. The number of ketones is 1. The number of hydrogen-bond donors (Lipinski definition) is 3. The number of aliphatic hydroxyl groups is 2. The zero-order chi connectivity index (χ0) is 14.4. The number of primary amides is 1. The average Bonchev–Trinajstić information content (AvgIpc) is 2.39. The molecule has 6 nitrogen and oxygen atoms in total. The van der Waals surface area contributed by atoms with Crippen molar-refractivity contribution in [1.29, 1.82) is 5.26 Å². The quantitative estimate of drug-likeness (QED) is 0.421. The van der Waals surface area contributed by atoms with Gasteiger partial charge in [0.25, 0.3) is 5.91 Å². The van der Waals surface area contributed by atoms with E-state index in [0.717, 1.165) is 0 Å². The Bertz CT molecular complexity index is 609. The number of carbonyl (C=O) groups excluding carboxylic acids is 2. The number of benzene rings is 1. The van der Waals surface area contributed by atoms with Crippen LogP contribution in [-0.2, 0) is 9.59 Å². The summed E-state index contributed by atoms with van der Waals surface area (Å²) in [5, 5.41) is 27.6. The van der Waals surface area contributed by atoms with E-state index in [1.54, 1.807) is 30.3 Å². The van der Waals surface area contributed by atoms with Gasteiger partial charge in [0.05, 0.1) is 0 Å². The molecule has 0 heterocycles.